The number of rotatable bonds is 6. The minimum Gasteiger partial charge on any atom is -0.482 e. The second-order valence-corrected chi connectivity index (χ2v) is 6.46. The molecule has 0 aliphatic heterocycles. The molecule has 5 heteroatoms. The Bertz CT molecular complexity index is 792. The summed E-state index contributed by atoms with van der Waals surface area (Å²) >= 11 is 6.16. The molecular weight excluding hydrogens is 338 g/mol. The van der Waals surface area contributed by atoms with Crippen LogP contribution in [0.5, 0.6) is 5.75 Å². The van der Waals surface area contributed by atoms with E-state index in [2.05, 4.69) is 0 Å². The number of halogens is 1. The van der Waals surface area contributed by atoms with Crippen molar-refractivity contribution in [3.05, 3.63) is 63.7 Å². The molecule has 0 N–H and O–H groups in total. The lowest BCUT2D eigenvalue weighted by Crippen LogP contribution is -2.15. The van der Waals surface area contributed by atoms with Gasteiger partial charge in [-0.3, -0.25) is 0 Å². The number of ether oxygens (including phenoxy) is 2. The summed E-state index contributed by atoms with van der Waals surface area (Å²) in [4.78, 5) is 11.9. The number of hydrogen-bond donors (Lipinski definition) is 0. The standard InChI is InChI=1S/C20H20ClNO3/c1-13(2)17-9-18(21)14(3)8-19(17)24-12-20(23)25-11-16-6-4-15(10-22)5-7-16/h4-9,13H,11-12H2,1-3H3. The summed E-state index contributed by atoms with van der Waals surface area (Å²) in [5, 5.41) is 9.44. The number of nitrogens with zero attached hydrogens (tertiary/aromatic N) is 1. The van der Waals surface area contributed by atoms with Gasteiger partial charge in [0.05, 0.1) is 11.6 Å². The topological polar surface area (TPSA) is 59.3 Å². The van der Waals surface area contributed by atoms with Crippen molar-refractivity contribution in [1.29, 1.82) is 5.26 Å². The van der Waals surface area contributed by atoms with Crippen LogP contribution < -0.4 is 4.74 Å². The van der Waals surface area contributed by atoms with Gasteiger partial charge in [-0.1, -0.05) is 37.6 Å². The second kappa shape index (κ2) is 8.55. The van der Waals surface area contributed by atoms with Gasteiger partial charge in [0.1, 0.15) is 12.4 Å². The molecule has 4 nitrogen and oxygen atoms in total. The summed E-state index contributed by atoms with van der Waals surface area (Å²) in [5.41, 5.74) is 3.23. The van der Waals surface area contributed by atoms with E-state index in [-0.39, 0.29) is 19.1 Å². The fourth-order valence-electron chi connectivity index (χ4n) is 2.26. The molecule has 0 aliphatic carbocycles. The minimum atomic E-state index is -0.452. The molecule has 25 heavy (non-hydrogen) atoms. The Balaban J connectivity index is 1.93. The van der Waals surface area contributed by atoms with Crippen LogP contribution in [0.2, 0.25) is 5.02 Å². The molecular formula is C20H20ClNO3. The molecule has 0 amide bonds. The van der Waals surface area contributed by atoms with Crippen molar-refractivity contribution in [2.24, 2.45) is 0 Å². The zero-order valence-corrected chi connectivity index (χ0v) is 15.3. The molecule has 0 aromatic heterocycles. The average Bonchev–Trinajstić information content (AvgIpc) is 2.60. The Kier molecular flexibility index (Phi) is 6.44. The van der Waals surface area contributed by atoms with Gasteiger partial charge in [-0.2, -0.15) is 5.26 Å². The van der Waals surface area contributed by atoms with Crippen LogP contribution in [0.25, 0.3) is 0 Å². The molecule has 2 aromatic rings. The number of carbonyl (C=O) groups excluding carboxylic acids is 1. The molecule has 0 bridgehead atoms. The third kappa shape index (κ3) is 5.23. The van der Waals surface area contributed by atoms with Gasteiger partial charge in [0.2, 0.25) is 0 Å². The van der Waals surface area contributed by atoms with E-state index in [0.717, 1.165) is 16.7 Å². The van der Waals surface area contributed by atoms with Crippen molar-refractivity contribution in [2.75, 3.05) is 6.61 Å². The Morgan fingerprint density at radius 2 is 1.92 bits per heavy atom. The molecule has 0 spiro atoms. The lowest BCUT2D eigenvalue weighted by molar-refractivity contribution is -0.147. The Labute approximate surface area is 152 Å². The van der Waals surface area contributed by atoms with Crippen LogP contribution in [0.3, 0.4) is 0 Å². The second-order valence-electron chi connectivity index (χ2n) is 6.05. The minimum absolute atomic E-state index is 0.143. The van der Waals surface area contributed by atoms with Crippen LogP contribution in [0.1, 0.15) is 42.0 Å². The predicted octanol–water partition coefficient (Wildman–Crippen LogP) is 4.77. The third-order valence-electron chi connectivity index (χ3n) is 3.74. The molecule has 0 atom stereocenters. The first kappa shape index (κ1) is 18.8. The monoisotopic (exact) mass is 357 g/mol. The molecule has 0 fully saturated rings. The van der Waals surface area contributed by atoms with Crippen LogP contribution in [0.4, 0.5) is 0 Å². The molecule has 130 valence electrons. The highest BCUT2D eigenvalue weighted by atomic mass is 35.5. The number of aryl methyl sites for hydroxylation is 1. The van der Waals surface area contributed by atoms with Crippen LogP contribution in [0, 0.1) is 18.3 Å². The number of hydrogen-bond acceptors (Lipinski definition) is 4. The van der Waals surface area contributed by atoms with Crippen molar-refractivity contribution in [2.45, 2.75) is 33.3 Å². The van der Waals surface area contributed by atoms with Crippen LogP contribution in [0.15, 0.2) is 36.4 Å². The highest BCUT2D eigenvalue weighted by Crippen LogP contribution is 2.32. The van der Waals surface area contributed by atoms with E-state index in [0.29, 0.717) is 16.3 Å². The maximum absolute atomic E-state index is 11.9. The summed E-state index contributed by atoms with van der Waals surface area (Å²) in [6, 6.07) is 12.6. The highest BCUT2D eigenvalue weighted by molar-refractivity contribution is 6.31. The van der Waals surface area contributed by atoms with Gasteiger partial charge in [-0.15, -0.1) is 0 Å². The van der Waals surface area contributed by atoms with Crippen molar-refractivity contribution in [3.8, 4) is 11.8 Å². The normalized spacial score (nSPS) is 10.4. The smallest absolute Gasteiger partial charge is 0.344 e. The predicted molar refractivity (Wildman–Crippen MR) is 96.7 cm³/mol. The number of benzene rings is 2. The van der Waals surface area contributed by atoms with E-state index < -0.39 is 5.97 Å². The lowest BCUT2D eigenvalue weighted by Gasteiger charge is -2.15. The highest BCUT2D eigenvalue weighted by Gasteiger charge is 2.13. The van der Waals surface area contributed by atoms with Gasteiger partial charge in [0, 0.05) is 5.02 Å². The average molecular weight is 358 g/mol. The fraction of sp³-hybridized carbons (Fsp3) is 0.300. The Hall–Kier alpha value is -2.51. The Morgan fingerprint density at radius 3 is 2.52 bits per heavy atom. The van der Waals surface area contributed by atoms with Crippen molar-refractivity contribution >= 4 is 17.6 Å². The lowest BCUT2D eigenvalue weighted by atomic mass is 10.0. The van der Waals surface area contributed by atoms with Gasteiger partial charge >= 0.3 is 5.97 Å². The molecule has 0 saturated heterocycles. The van der Waals surface area contributed by atoms with E-state index >= 15 is 0 Å². The maximum Gasteiger partial charge on any atom is 0.344 e. The number of carbonyl (C=O) groups is 1. The summed E-state index contributed by atoms with van der Waals surface area (Å²) in [7, 11) is 0. The zero-order chi connectivity index (χ0) is 18.4. The van der Waals surface area contributed by atoms with E-state index in [1.54, 1.807) is 24.3 Å². The maximum atomic E-state index is 11.9. The first-order valence-corrected chi connectivity index (χ1v) is 8.36. The van der Waals surface area contributed by atoms with Gasteiger partial charge in [-0.25, -0.2) is 4.79 Å². The Morgan fingerprint density at radius 1 is 1.24 bits per heavy atom. The van der Waals surface area contributed by atoms with E-state index in [4.69, 9.17) is 26.3 Å². The first-order valence-electron chi connectivity index (χ1n) is 7.98. The van der Waals surface area contributed by atoms with Gasteiger partial charge in [0.15, 0.2) is 6.61 Å². The van der Waals surface area contributed by atoms with Crippen molar-refractivity contribution in [3.63, 3.8) is 0 Å². The fourth-order valence-corrected chi connectivity index (χ4v) is 2.44. The SMILES string of the molecule is Cc1cc(OCC(=O)OCc2ccc(C#N)cc2)c(C(C)C)cc1Cl. The summed E-state index contributed by atoms with van der Waals surface area (Å²) < 4.78 is 10.8. The van der Waals surface area contributed by atoms with Gasteiger partial charge in [-0.05, 0) is 53.8 Å². The van der Waals surface area contributed by atoms with Crippen LogP contribution in [-0.4, -0.2) is 12.6 Å². The number of esters is 1. The van der Waals surface area contributed by atoms with Gasteiger partial charge in [0.25, 0.3) is 0 Å². The van der Waals surface area contributed by atoms with E-state index in [1.165, 1.54) is 0 Å². The van der Waals surface area contributed by atoms with Crippen LogP contribution in [-0.2, 0) is 16.1 Å². The zero-order valence-electron chi connectivity index (χ0n) is 14.5. The van der Waals surface area contributed by atoms with Crippen molar-refractivity contribution in [1.82, 2.24) is 0 Å². The molecule has 2 rings (SSSR count). The molecule has 0 aliphatic rings. The molecule has 2 aromatic carbocycles. The molecule has 0 radical (unpaired) electrons. The van der Waals surface area contributed by atoms with E-state index in [9.17, 15) is 4.79 Å². The molecule has 0 saturated carbocycles. The van der Waals surface area contributed by atoms with Crippen molar-refractivity contribution < 1.29 is 14.3 Å². The molecule has 0 unspecified atom stereocenters. The molecule has 0 heterocycles. The summed E-state index contributed by atoms with van der Waals surface area (Å²) in [6.07, 6.45) is 0. The van der Waals surface area contributed by atoms with Gasteiger partial charge < -0.3 is 9.47 Å². The van der Waals surface area contributed by atoms with E-state index in [1.807, 2.05) is 39.0 Å². The largest absolute Gasteiger partial charge is 0.482 e. The summed E-state index contributed by atoms with van der Waals surface area (Å²) in [5.74, 6) is 0.418. The van der Waals surface area contributed by atoms with Crippen LogP contribution >= 0.6 is 11.6 Å². The first-order chi connectivity index (χ1) is 11.9. The summed E-state index contributed by atoms with van der Waals surface area (Å²) in [6.45, 7) is 5.94. The quantitative estimate of drug-likeness (QED) is 0.699. The number of nitriles is 1. The third-order valence-corrected chi connectivity index (χ3v) is 4.15.